The van der Waals surface area contributed by atoms with E-state index in [9.17, 15) is 9.59 Å². The molecular weight excluding hydrogens is 290 g/mol. The van der Waals surface area contributed by atoms with E-state index >= 15 is 0 Å². The Kier molecular flexibility index (Phi) is 5.52. The second-order valence-electron chi connectivity index (χ2n) is 5.38. The van der Waals surface area contributed by atoms with E-state index in [1.165, 1.54) is 12.5 Å². The molecule has 1 atom stereocenters. The number of carbonyl (C=O) groups excluding carboxylic acids is 2. The molecule has 0 aliphatic carbocycles. The second kappa shape index (κ2) is 7.58. The molecule has 0 aromatic heterocycles. The summed E-state index contributed by atoms with van der Waals surface area (Å²) in [5.74, 6) is 0.229. The maximum Gasteiger partial charge on any atom is 0.265 e. The summed E-state index contributed by atoms with van der Waals surface area (Å²) in [7, 11) is 0. The van der Waals surface area contributed by atoms with Crippen LogP contribution in [0.1, 0.15) is 36.7 Å². The van der Waals surface area contributed by atoms with Gasteiger partial charge in [0.05, 0.1) is 0 Å². The molecule has 1 unspecified atom stereocenters. The number of amides is 1. The van der Waals surface area contributed by atoms with Crippen molar-refractivity contribution in [2.45, 2.75) is 33.3 Å². The summed E-state index contributed by atoms with van der Waals surface area (Å²) in [6, 6.07) is 14.5. The number of ether oxygens (including phenoxy) is 1. The molecule has 0 radical (unpaired) electrons. The topological polar surface area (TPSA) is 55.4 Å². The number of anilines is 1. The summed E-state index contributed by atoms with van der Waals surface area (Å²) in [5, 5.41) is 2.82. The number of aryl methyl sites for hydroxylation is 1. The van der Waals surface area contributed by atoms with Crippen LogP contribution >= 0.6 is 0 Å². The van der Waals surface area contributed by atoms with Gasteiger partial charge in [-0.15, -0.1) is 0 Å². The number of carbonyl (C=O) groups is 2. The van der Waals surface area contributed by atoms with Gasteiger partial charge in [0.15, 0.2) is 11.9 Å². The smallest absolute Gasteiger partial charge is 0.265 e. The van der Waals surface area contributed by atoms with E-state index in [2.05, 4.69) is 12.2 Å². The molecule has 0 fully saturated rings. The van der Waals surface area contributed by atoms with Crippen LogP contribution in [0.25, 0.3) is 0 Å². The van der Waals surface area contributed by atoms with Crippen molar-refractivity contribution in [3.8, 4) is 5.75 Å². The molecule has 0 aliphatic rings. The van der Waals surface area contributed by atoms with Crippen molar-refractivity contribution < 1.29 is 14.3 Å². The van der Waals surface area contributed by atoms with E-state index in [4.69, 9.17) is 4.74 Å². The highest BCUT2D eigenvalue weighted by Gasteiger charge is 2.15. The molecule has 0 saturated heterocycles. The highest BCUT2D eigenvalue weighted by molar-refractivity contribution is 5.95. The minimum atomic E-state index is -0.664. The normalized spacial score (nSPS) is 11.6. The third-order valence-electron chi connectivity index (χ3n) is 3.55. The number of benzene rings is 2. The van der Waals surface area contributed by atoms with Crippen LogP contribution in [-0.2, 0) is 11.2 Å². The standard InChI is InChI=1S/C19H21NO3/c1-4-15-8-10-17(11-9-15)20-19(22)14(3)23-18-7-5-6-16(12-18)13(2)21/h5-12,14H,4H2,1-3H3,(H,20,22). The van der Waals surface area contributed by atoms with Gasteiger partial charge in [-0.3, -0.25) is 9.59 Å². The second-order valence-corrected chi connectivity index (χ2v) is 5.38. The van der Waals surface area contributed by atoms with Gasteiger partial charge in [-0.1, -0.05) is 31.2 Å². The zero-order valence-corrected chi connectivity index (χ0v) is 13.6. The SMILES string of the molecule is CCc1ccc(NC(=O)C(C)Oc2cccc(C(C)=O)c2)cc1. The summed E-state index contributed by atoms with van der Waals surface area (Å²) < 4.78 is 5.62. The molecule has 0 saturated carbocycles. The number of nitrogens with one attached hydrogen (secondary N) is 1. The van der Waals surface area contributed by atoms with Gasteiger partial charge in [0.1, 0.15) is 5.75 Å². The number of Topliss-reactive ketones (excluding diaryl/α,β-unsaturated/α-hetero) is 1. The summed E-state index contributed by atoms with van der Waals surface area (Å²) >= 11 is 0. The monoisotopic (exact) mass is 311 g/mol. The molecule has 0 spiro atoms. The molecule has 2 aromatic carbocycles. The van der Waals surface area contributed by atoms with E-state index in [0.29, 0.717) is 11.3 Å². The molecule has 0 bridgehead atoms. The Labute approximate surface area is 136 Å². The lowest BCUT2D eigenvalue weighted by molar-refractivity contribution is -0.122. The zero-order chi connectivity index (χ0) is 16.8. The van der Waals surface area contributed by atoms with Crippen LogP contribution in [0.5, 0.6) is 5.75 Å². The molecule has 4 heteroatoms. The van der Waals surface area contributed by atoms with Gasteiger partial charge in [-0.05, 0) is 50.1 Å². The van der Waals surface area contributed by atoms with Crippen molar-refractivity contribution in [1.29, 1.82) is 0 Å². The average Bonchev–Trinajstić information content (AvgIpc) is 2.55. The van der Waals surface area contributed by atoms with Gasteiger partial charge < -0.3 is 10.1 Å². The van der Waals surface area contributed by atoms with Gasteiger partial charge in [0.2, 0.25) is 0 Å². The van der Waals surface area contributed by atoms with Crippen LogP contribution < -0.4 is 10.1 Å². The third kappa shape index (κ3) is 4.68. The van der Waals surface area contributed by atoms with E-state index in [1.807, 2.05) is 24.3 Å². The first kappa shape index (κ1) is 16.7. The number of hydrogen-bond donors (Lipinski definition) is 1. The predicted molar refractivity (Wildman–Crippen MR) is 91.0 cm³/mol. The minimum absolute atomic E-state index is 0.0384. The molecule has 0 heterocycles. The van der Waals surface area contributed by atoms with Crippen LogP contribution in [0.2, 0.25) is 0 Å². The van der Waals surface area contributed by atoms with Crippen LogP contribution in [-0.4, -0.2) is 17.8 Å². The van der Waals surface area contributed by atoms with Crippen LogP contribution in [0, 0.1) is 0 Å². The Morgan fingerprint density at radius 2 is 1.83 bits per heavy atom. The van der Waals surface area contributed by atoms with Gasteiger partial charge >= 0.3 is 0 Å². The fraction of sp³-hybridized carbons (Fsp3) is 0.263. The molecule has 120 valence electrons. The fourth-order valence-electron chi connectivity index (χ4n) is 2.11. The molecule has 1 N–H and O–H groups in total. The molecule has 23 heavy (non-hydrogen) atoms. The van der Waals surface area contributed by atoms with Crippen molar-refractivity contribution in [2.75, 3.05) is 5.32 Å². The predicted octanol–water partition coefficient (Wildman–Crippen LogP) is 3.86. The first-order valence-corrected chi connectivity index (χ1v) is 7.67. The Morgan fingerprint density at radius 3 is 2.43 bits per heavy atom. The number of rotatable bonds is 6. The fourth-order valence-corrected chi connectivity index (χ4v) is 2.11. The van der Waals surface area contributed by atoms with Gasteiger partial charge in [-0.2, -0.15) is 0 Å². The average molecular weight is 311 g/mol. The lowest BCUT2D eigenvalue weighted by atomic mass is 10.1. The van der Waals surface area contributed by atoms with E-state index in [0.717, 1.165) is 12.1 Å². The van der Waals surface area contributed by atoms with Gasteiger partial charge in [-0.25, -0.2) is 0 Å². The zero-order valence-electron chi connectivity index (χ0n) is 13.6. The Morgan fingerprint density at radius 1 is 1.13 bits per heavy atom. The number of ketones is 1. The van der Waals surface area contributed by atoms with Crippen molar-refractivity contribution >= 4 is 17.4 Å². The highest BCUT2D eigenvalue weighted by atomic mass is 16.5. The Hall–Kier alpha value is -2.62. The Balaban J connectivity index is 1.99. The molecule has 4 nitrogen and oxygen atoms in total. The molecular formula is C19H21NO3. The molecule has 2 aromatic rings. The van der Waals surface area contributed by atoms with Crippen LogP contribution in [0.4, 0.5) is 5.69 Å². The summed E-state index contributed by atoms with van der Waals surface area (Å²) in [5.41, 5.74) is 2.51. The van der Waals surface area contributed by atoms with Gasteiger partial charge in [0.25, 0.3) is 5.91 Å². The lowest BCUT2D eigenvalue weighted by Crippen LogP contribution is -2.30. The van der Waals surface area contributed by atoms with Crippen LogP contribution in [0.15, 0.2) is 48.5 Å². The molecule has 1 amide bonds. The van der Waals surface area contributed by atoms with Crippen molar-refractivity contribution in [1.82, 2.24) is 0 Å². The summed E-state index contributed by atoms with van der Waals surface area (Å²) in [6.45, 7) is 5.25. The van der Waals surface area contributed by atoms with Crippen molar-refractivity contribution in [3.63, 3.8) is 0 Å². The highest BCUT2D eigenvalue weighted by Crippen LogP contribution is 2.16. The first-order chi connectivity index (χ1) is 11.0. The maximum absolute atomic E-state index is 12.2. The number of hydrogen-bond acceptors (Lipinski definition) is 3. The van der Waals surface area contributed by atoms with Crippen LogP contribution in [0.3, 0.4) is 0 Å². The molecule has 2 rings (SSSR count). The maximum atomic E-state index is 12.2. The largest absolute Gasteiger partial charge is 0.481 e. The Bertz CT molecular complexity index is 692. The summed E-state index contributed by atoms with van der Waals surface area (Å²) in [6.07, 6.45) is 0.295. The molecule has 0 aliphatic heterocycles. The summed E-state index contributed by atoms with van der Waals surface area (Å²) in [4.78, 5) is 23.6. The van der Waals surface area contributed by atoms with Crippen molar-refractivity contribution in [2.24, 2.45) is 0 Å². The van der Waals surface area contributed by atoms with E-state index in [1.54, 1.807) is 31.2 Å². The lowest BCUT2D eigenvalue weighted by Gasteiger charge is -2.15. The van der Waals surface area contributed by atoms with Gasteiger partial charge in [0, 0.05) is 11.3 Å². The van der Waals surface area contributed by atoms with Crippen molar-refractivity contribution in [3.05, 3.63) is 59.7 Å². The van der Waals surface area contributed by atoms with E-state index < -0.39 is 6.10 Å². The quantitative estimate of drug-likeness (QED) is 0.824. The van der Waals surface area contributed by atoms with E-state index in [-0.39, 0.29) is 11.7 Å². The third-order valence-corrected chi connectivity index (χ3v) is 3.55. The first-order valence-electron chi connectivity index (χ1n) is 7.67. The minimum Gasteiger partial charge on any atom is -0.481 e.